The molecule has 8 heavy (non-hydrogen) atoms. The Labute approximate surface area is 48.8 Å². The average Bonchev–Trinajstić information content (AvgIpc) is 2.41. The molecule has 0 amide bonds. The standard InChI is InChI=1S/C6H10O2/c1-5(7)8-4-6-2-3-6/h6H,2-4H2,1H3. The van der Waals surface area contributed by atoms with Gasteiger partial charge in [0, 0.05) is 6.92 Å². The van der Waals surface area contributed by atoms with Gasteiger partial charge in [0.15, 0.2) is 0 Å². The van der Waals surface area contributed by atoms with Gasteiger partial charge in [0.1, 0.15) is 0 Å². The summed E-state index contributed by atoms with van der Waals surface area (Å²) < 4.78 is 4.73. The molecule has 0 aromatic carbocycles. The molecular formula is C6H10O2. The van der Waals surface area contributed by atoms with Crippen LogP contribution in [0.25, 0.3) is 0 Å². The lowest BCUT2D eigenvalue weighted by atomic mass is 10.5. The number of carbonyl (C=O) groups is 1. The van der Waals surface area contributed by atoms with E-state index in [0.717, 1.165) is 0 Å². The van der Waals surface area contributed by atoms with Crippen LogP contribution in [0.2, 0.25) is 0 Å². The number of hydrogen-bond acceptors (Lipinski definition) is 2. The molecule has 0 unspecified atom stereocenters. The zero-order chi connectivity index (χ0) is 5.98. The minimum Gasteiger partial charge on any atom is -0.466 e. The van der Waals surface area contributed by atoms with Crippen molar-refractivity contribution in [2.24, 2.45) is 5.92 Å². The smallest absolute Gasteiger partial charge is 0.302 e. The third kappa shape index (κ3) is 1.96. The SMILES string of the molecule is CC(=O)OCC1CC1. The Bertz CT molecular complexity index is 94.7. The molecular weight excluding hydrogens is 104 g/mol. The maximum absolute atomic E-state index is 10.2. The molecule has 0 aromatic rings. The van der Waals surface area contributed by atoms with Gasteiger partial charge in [0.05, 0.1) is 6.61 Å². The van der Waals surface area contributed by atoms with Crippen molar-refractivity contribution in [2.45, 2.75) is 19.8 Å². The second kappa shape index (κ2) is 2.16. The van der Waals surface area contributed by atoms with Gasteiger partial charge in [0.2, 0.25) is 0 Å². The summed E-state index contributed by atoms with van der Waals surface area (Å²) in [6, 6.07) is 0. The lowest BCUT2D eigenvalue weighted by Crippen LogP contribution is -2.01. The Morgan fingerprint density at radius 1 is 1.75 bits per heavy atom. The van der Waals surface area contributed by atoms with Crippen molar-refractivity contribution < 1.29 is 9.53 Å². The number of esters is 1. The molecule has 1 aliphatic rings. The molecule has 0 atom stereocenters. The number of rotatable bonds is 2. The Balaban J connectivity index is 1.95. The van der Waals surface area contributed by atoms with Crippen LogP contribution < -0.4 is 0 Å². The summed E-state index contributed by atoms with van der Waals surface area (Å²) in [5, 5.41) is 0. The van der Waals surface area contributed by atoms with E-state index in [4.69, 9.17) is 4.74 Å². The highest BCUT2D eigenvalue weighted by atomic mass is 16.5. The minimum absolute atomic E-state index is 0.156. The van der Waals surface area contributed by atoms with E-state index in [-0.39, 0.29) is 5.97 Å². The molecule has 0 aromatic heterocycles. The van der Waals surface area contributed by atoms with Crippen LogP contribution in [0.5, 0.6) is 0 Å². The molecule has 0 aliphatic heterocycles. The van der Waals surface area contributed by atoms with Crippen molar-refractivity contribution in [3.05, 3.63) is 0 Å². The Hall–Kier alpha value is -0.530. The van der Waals surface area contributed by atoms with Crippen LogP contribution in [-0.2, 0) is 9.53 Å². The van der Waals surface area contributed by atoms with E-state index in [9.17, 15) is 4.79 Å². The molecule has 0 radical (unpaired) electrons. The van der Waals surface area contributed by atoms with Gasteiger partial charge in [-0.3, -0.25) is 4.79 Å². The van der Waals surface area contributed by atoms with Crippen LogP contribution in [0.1, 0.15) is 19.8 Å². The van der Waals surface area contributed by atoms with E-state index in [0.29, 0.717) is 12.5 Å². The molecule has 1 fully saturated rings. The van der Waals surface area contributed by atoms with E-state index in [1.165, 1.54) is 19.8 Å². The van der Waals surface area contributed by atoms with Gasteiger partial charge in [-0.15, -0.1) is 0 Å². The largest absolute Gasteiger partial charge is 0.466 e. The highest BCUT2D eigenvalue weighted by Gasteiger charge is 2.21. The monoisotopic (exact) mass is 114 g/mol. The molecule has 0 heterocycles. The fraction of sp³-hybridized carbons (Fsp3) is 0.833. The van der Waals surface area contributed by atoms with Gasteiger partial charge in [-0.2, -0.15) is 0 Å². The maximum atomic E-state index is 10.2. The first kappa shape index (κ1) is 5.60. The predicted molar refractivity (Wildman–Crippen MR) is 29.4 cm³/mol. The molecule has 0 N–H and O–H groups in total. The molecule has 0 saturated heterocycles. The van der Waals surface area contributed by atoms with Crippen molar-refractivity contribution >= 4 is 5.97 Å². The second-order valence-electron chi connectivity index (χ2n) is 2.25. The van der Waals surface area contributed by atoms with E-state index >= 15 is 0 Å². The van der Waals surface area contributed by atoms with E-state index in [1.54, 1.807) is 0 Å². The Kier molecular flexibility index (Phi) is 1.51. The quantitative estimate of drug-likeness (QED) is 0.500. The van der Waals surface area contributed by atoms with E-state index in [1.807, 2.05) is 0 Å². The van der Waals surface area contributed by atoms with Crippen LogP contribution in [0.15, 0.2) is 0 Å². The summed E-state index contributed by atoms with van der Waals surface area (Å²) in [5.41, 5.74) is 0. The average molecular weight is 114 g/mol. The minimum atomic E-state index is -0.156. The Morgan fingerprint density at radius 3 is 2.75 bits per heavy atom. The summed E-state index contributed by atoms with van der Waals surface area (Å²) in [6.07, 6.45) is 2.49. The lowest BCUT2D eigenvalue weighted by Gasteiger charge is -1.95. The van der Waals surface area contributed by atoms with E-state index < -0.39 is 0 Å². The van der Waals surface area contributed by atoms with Crippen molar-refractivity contribution in [3.8, 4) is 0 Å². The van der Waals surface area contributed by atoms with Gasteiger partial charge < -0.3 is 4.74 Å². The first-order valence-corrected chi connectivity index (χ1v) is 2.92. The Morgan fingerprint density at radius 2 is 2.38 bits per heavy atom. The summed E-state index contributed by atoms with van der Waals surface area (Å²) in [7, 11) is 0. The molecule has 1 rings (SSSR count). The fourth-order valence-electron chi connectivity index (χ4n) is 0.520. The maximum Gasteiger partial charge on any atom is 0.302 e. The van der Waals surface area contributed by atoms with Gasteiger partial charge >= 0.3 is 5.97 Å². The highest BCUT2D eigenvalue weighted by molar-refractivity contribution is 5.65. The first-order chi connectivity index (χ1) is 3.79. The van der Waals surface area contributed by atoms with Crippen LogP contribution in [0, 0.1) is 5.92 Å². The molecule has 0 bridgehead atoms. The third-order valence-electron chi connectivity index (χ3n) is 1.22. The third-order valence-corrected chi connectivity index (χ3v) is 1.22. The van der Waals surface area contributed by atoms with Crippen LogP contribution in [0.3, 0.4) is 0 Å². The normalized spacial score (nSPS) is 18.1. The number of hydrogen-bond donors (Lipinski definition) is 0. The fourth-order valence-corrected chi connectivity index (χ4v) is 0.520. The van der Waals surface area contributed by atoms with Crippen molar-refractivity contribution in [1.29, 1.82) is 0 Å². The summed E-state index contributed by atoms with van der Waals surface area (Å²) >= 11 is 0. The van der Waals surface area contributed by atoms with E-state index in [2.05, 4.69) is 0 Å². The highest BCUT2D eigenvalue weighted by Crippen LogP contribution is 2.28. The second-order valence-corrected chi connectivity index (χ2v) is 2.25. The summed E-state index contributed by atoms with van der Waals surface area (Å²) in [4.78, 5) is 10.2. The molecule has 2 heteroatoms. The molecule has 0 spiro atoms. The summed E-state index contributed by atoms with van der Waals surface area (Å²) in [6.45, 7) is 2.09. The predicted octanol–water partition coefficient (Wildman–Crippen LogP) is 0.960. The molecule has 2 nitrogen and oxygen atoms in total. The van der Waals surface area contributed by atoms with Gasteiger partial charge in [-0.25, -0.2) is 0 Å². The lowest BCUT2D eigenvalue weighted by molar-refractivity contribution is -0.141. The summed E-state index contributed by atoms with van der Waals surface area (Å²) in [5.74, 6) is 0.538. The van der Waals surface area contributed by atoms with Gasteiger partial charge in [0.25, 0.3) is 0 Å². The zero-order valence-corrected chi connectivity index (χ0v) is 5.02. The molecule has 46 valence electrons. The van der Waals surface area contributed by atoms with Crippen molar-refractivity contribution in [2.75, 3.05) is 6.61 Å². The van der Waals surface area contributed by atoms with Crippen molar-refractivity contribution in [3.63, 3.8) is 0 Å². The van der Waals surface area contributed by atoms with Crippen LogP contribution in [-0.4, -0.2) is 12.6 Å². The number of ether oxygens (including phenoxy) is 1. The van der Waals surface area contributed by atoms with Gasteiger partial charge in [-0.05, 0) is 18.8 Å². The van der Waals surface area contributed by atoms with Gasteiger partial charge in [-0.1, -0.05) is 0 Å². The molecule has 1 aliphatic carbocycles. The van der Waals surface area contributed by atoms with Crippen LogP contribution >= 0.6 is 0 Å². The number of carbonyl (C=O) groups excluding carboxylic acids is 1. The van der Waals surface area contributed by atoms with Crippen LogP contribution in [0.4, 0.5) is 0 Å². The first-order valence-electron chi connectivity index (χ1n) is 2.92. The zero-order valence-electron chi connectivity index (χ0n) is 5.02. The molecule has 1 saturated carbocycles. The van der Waals surface area contributed by atoms with Crippen molar-refractivity contribution in [1.82, 2.24) is 0 Å². The topological polar surface area (TPSA) is 26.3 Å².